The molecule has 1 saturated heterocycles. The van der Waals surface area contributed by atoms with Crippen molar-refractivity contribution in [1.82, 2.24) is 24.7 Å². The van der Waals surface area contributed by atoms with Crippen LogP contribution < -0.4 is 5.32 Å². The summed E-state index contributed by atoms with van der Waals surface area (Å²) in [5.41, 5.74) is 4.84. The van der Waals surface area contributed by atoms with Crippen molar-refractivity contribution in [3.63, 3.8) is 0 Å². The van der Waals surface area contributed by atoms with Gasteiger partial charge in [0.05, 0.1) is 23.1 Å². The number of carbonyl (C=O) groups excluding carboxylic acids is 1. The molecule has 0 radical (unpaired) electrons. The Morgan fingerprint density at radius 3 is 2.70 bits per heavy atom. The zero-order chi connectivity index (χ0) is 22.6. The molecule has 0 spiro atoms. The molecule has 1 aliphatic rings. The summed E-state index contributed by atoms with van der Waals surface area (Å²) in [7, 11) is 0. The molecule has 0 saturated carbocycles. The third-order valence-corrected chi connectivity index (χ3v) is 5.72. The van der Waals surface area contributed by atoms with Crippen LogP contribution in [0.3, 0.4) is 0 Å². The Kier molecular flexibility index (Phi) is 5.91. The maximum Gasteiger partial charge on any atom is 0.274 e. The maximum atomic E-state index is 13.2. The van der Waals surface area contributed by atoms with Gasteiger partial charge in [0.1, 0.15) is 11.4 Å². The molecule has 1 fully saturated rings. The molecular formula is C25H24N6O2. The summed E-state index contributed by atoms with van der Waals surface area (Å²) in [4.78, 5) is 26.4. The van der Waals surface area contributed by atoms with Crippen molar-refractivity contribution in [3.05, 3.63) is 78.5 Å². The van der Waals surface area contributed by atoms with Gasteiger partial charge in [0.15, 0.2) is 0 Å². The normalized spacial score (nSPS) is 14.2. The highest BCUT2D eigenvalue weighted by molar-refractivity contribution is 6.04. The van der Waals surface area contributed by atoms with E-state index < -0.39 is 0 Å². The second kappa shape index (κ2) is 9.30. The van der Waals surface area contributed by atoms with Crippen molar-refractivity contribution in [3.8, 4) is 22.6 Å². The first-order valence-corrected chi connectivity index (χ1v) is 11.0. The first-order chi connectivity index (χ1) is 16.2. The van der Waals surface area contributed by atoms with Gasteiger partial charge < -0.3 is 10.1 Å². The van der Waals surface area contributed by atoms with Crippen molar-refractivity contribution in [2.75, 3.05) is 18.5 Å². The minimum atomic E-state index is -0.302. The molecule has 5 heterocycles. The Morgan fingerprint density at radius 1 is 1.06 bits per heavy atom. The van der Waals surface area contributed by atoms with Crippen LogP contribution in [-0.4, -0.2) is 43.9 Å². The number of nitrogens with one attached hydrogen (secondary N) is 1. The summed E-state index contributed by atoms with van der Waals surface area (Å²) < 4.78 is 7.41. The van der Waals surface area contributed by atoms with Gasteiger partial charge in [0, 0.05) is 43.6 Å². The first-order valence-electron chi connectivity index (χ1n) is 11.0. The lowest BCUT2D eigenvalue weighted by atomic mass is 10.1. The van der Waals surface area contributed by atoms with Crippen molar-refractivity contribution in [1.29, 1.82) is 0 Å². The molecule has 0 bridgehead atoms. The monoisotopic (exact) mass is 440 g/mol. The molecule has 1 N–H and O–H groups in total. The lowest BCUT2D eigenvalue weighted by Crippen LogP contribution is -2.20. The summed E-state index contributed by atoms with van der Waals surface area (Å²) in [6.45, 7) is 3.37. The van der Waals surface area contributed by atoms with Crippen LogP contribution in [0.1, 0.15) is 34.9 Å². The van der Waals surface area contributed by atoms with E-state index in [-0.39, 0.29) is 11.9 Å². The average molecular weight is 441 g/mol. The number of nitrogens with zero attached hydrogens (tertiary/aromatic N) is 5. The molecule has 8 nitrogen and oxygen atoms in total. The molecule has 0 aliphatic carbocycles. The molecule has 33 heavy (non-hydrogen) atoms. The smallest absolute Gasteiger partial charge is 0.274 e. The summed E-state index contributed by atoms with van der Waals surface area (Å²) in [6.07, 6.45) is 8.82. The molecular weight excluding hydrogens is 416 g/mol. The number of hydrogen-bond donors (Lipinski definition) is 1. The minimum absolute atomic E-state index is 0.224. The van der Waals surface area contributed by atoms with Crippen LogP contribution in [-0.2, 0) is 4.74 Å². The molecule has 0 atom stereocenters. The van der Waals surface area contributed by atoms with E-state index in [1.165, 1.54) is 0 Å². The fourth-order valence-electron chi connectivity index (χ4n) is 3.95. The Balaban J connectivity index is 1.47. The number of aryl methyl sites for hydroxylation is 1. The van der Waals surface area contributed by atoms with Crippen molar-refractivity contribution < 1.29 is 9.53 Å². The Morgan fingerprint density at radius 2 is 1.94 bits per heavy atom. The fourth-order valence-corrected chi connectivity index (χ4v) is 3.95. The van der Waals surface area contributed by atoms with E-state index in [1.54, 1.807) is 24.7 Å². The number of rotatable bonds is 5. The third kappa shape index (κ3) is 4.51. The predicted molar refractivity (Wildman–Crippen MR) is 125 cm³/mol. The van der Waals surface area contributed by atoms with Crippen LogP contribution in [0.4, 0.5) is 5.69 Å². The van der Waals surface area contributed by atoms with Gasteiger partial charge in [-0.15, -0.1) is 0 Å². The van der Waals surface area contributed by atoms with E-state index in [1.807, 2.05) is 54.2 Å². The zero-order valence-corrected chi connectivity index (χ0v) is 18.3. The third-order valence-electron chi connectivity index (χ3n) is 5.72. The van der Waals surface area contributed by atoms with Gasteiger partial charge in [-0.1, -0.05) is 12.1 Å². The van der Waals surface area contributed by atoms with E-state index >= 15 is 0 Å². The Hall–Kier alpha value is -3.91. The number of amides is 1. The number of ether oxygens (including phenoxy) is 1. The lowest BCUT2D eigenvalue weighted by molar-refractivity contribution is 0.0663. The summed E-state index contributed by atoms with van der Waals surface area (Å²) in [5, 5.41) is 7.80. The molecule has 166 valence electrons. The summed E-state index contributed by atoms with van der Waals surface area (Å²) >= 11 is 0. The number of pyridine rings is 3. The average Bonchev–Trinajstić information content (AvgIpc) is 3.29. The van der Waals surface area contributed by atoms with E-state index in [0.717, 1.165) is 29.7 Å². The van der Waals surface area contributed by atoms with Crippen molar-refractivity contribution in [2.45, 2.75) is 25.8 Å². The second-order valence-electron chi connectivity index (χ2n) is 7.99. The van der Waals surface area contributed by atoms with Gasteiger partial charge in [0.25, 0.3) is 5.91 Å². The quantitative estimate of drug-likeness (QED) is 0.497. The van der Waals surface area contributed by atoms with Gasteiger partial charge in [-0.25, -0.2) is 4.98 Å². The summed E-state index contributed by atoms with van der Waals surface area (Å²) in [6, 6.07) is 13.3. The Labute approximate surface area is 191 Å². The van der Waals surface area contributed by atoms with E-state index in [9.17, 15) is 4.79 Å². The number of anilines is 1. The highest BCUT2D eigenvalue weighted by Crippen LogP contribution is 2.30. The van der Waals surface area contributed by atoms with E-state index in [4.69, 9.17) is 9.84 Å². The highest BCUT2D eigenvalue weighted by Gasteiger charge is 2.22. The van der Waals surface area contributed by atoms with Crippen LogP contribution in [0.15, 0.2) is 67.3 Å². The number of aromatic nitrogens is 5. The molecule has 0 aromatic carbocycles. The van der Waals surface area contributed by atoms with E-state index in [0.29, 0.717) is 36.0 Å². The highest BCUT2D eigenvalue weighted by atomic mass is 16.5. The predicted octanol–water partition coefficient (Wildman–Crippen LogP) is 4.31. The van der Waals surface area contributed by atoms with Gasteiger partial charge in [-0.2, -0.15) is 5.10 Å². The second-order valence-corrected chi connectivity index (χ2v) is 7.99. The largest absolute Gasteiger partial charge is 0.381 e. The lowest BCUT2D eigenvalue weighted by Gasteiger charge is -2.22. The fraction of sp³-hybridized carbons (Fsp3) is 0.240. The number of hydrogen-bond acceptors (Lipinski definition) is 6. The molecule has 1 aliphatic heterocycles. The molecule has 5 rings (SSSR count). The van der Waals surface area contributed by atoms with Crippen LogP contribution in [0.25, 0.3) is 22.6 Å². The zero-order valence-electron chi connectivity index (χ0n) is 18.3. The first kappa shape index (κ1) is 21.0. The molecule has 1 amide bonds. The Bertz CT molecular complexity index is 1250. The molecule has 4 aromatic heterocycles. The molecule has 8 heteroatoms. The van der Waals surface area contributed by atoms with Crippen molar-refractivity contribution in [2.24, 2.45) is 0 Å². The van der Waals surface area contributed by atoms with Crippen molar-refractivity contribution >= 4 is 11.6 Å². The minimum Gasteiger partial charge on any atom is -0.381 e. The number of carbonyl (C=O) groups is 1. The molecule has 0 unspecified atom stereocenters. The van der Waals surface area contributed by atoms with Gasteiger partial charge >= 0.3 is 0 Å². The van der Waals surface area contributed by atoms with Crippen LogP contribution in [0.2, 0.25) is 0 Å². The SMILES string of the molecule is Cc1ccc(C(=O)Nc2cn(C3CCOCC3)nc2-c2ccccn2)nc1-c1cccnc1. The van der Waals surface area contributed by atoms with Crippen LogP contribution in [0, 0.1) is 6.92 Å². The van der Waals surface area contributed by atoms with Crippen LogP contribution >= 0.6 is 0 Å². The standard InChI is InChI=1S/C25H24N6O2/c1-17-7-8-21(28-23(17)18-5-4-11-26-15-18)25(32)29-22-16-31(19-9-13-33-14-10-19)30-24(22)20-6-2-3-12-27-20/h2-8,11-12,15-16,19H,9-10,13-14H2,1H3,(H,29,32). The molecule has 4 aromatic rings. The van der Waals surface area contributed by atoms with Crippen LogP contribution in [0.5, 0.6) is 0 Å². The van der Waals surface area contributed by atoms with Gasteiger partial charge in [-0.05, 0) is 55.7 Å². The van der Waals surface area contributed by atoms with Gasteiger partial charge in [0.2, 0.25) is 0 Å². The topological polar surface area (TPSA) is 94.8 Å². The maximum absolute atomic E-state index is 13.2. The van der Waals surface area contributed by atoms with Gasteiger partial charge in [-0.3, -0.25) is 19.4 Å². The van der Waals surface area contributed by atoms with E-state index in [2.05, 4.69) is 20.3 Å². The summed E-state index contributed by atoms with van der Waals surface area (Å²) in [5.74, 6) is -0.302.